The summed E-state index contributed by atoms with van der Waals surface area (Å²) in [5, 5.41) is 3.45. The third kappa shape index (κ3) is 2.99. The first-order valence-electron chi connectivity index (χ1n) is 7.43. The van der Waals surface area contributed by atoms with Gasteiger partial charge in [-0.2, -0.15) is 0 Å². The van der Waals surface area contributed by atoms with Crippen molar-refractivity contribution in [3.05, 3.63) is 35.9 Å². The van der Waals surface area contributed by atoms with Crippen LogP contribution in [0.2, 0.25) is 0 Å². The van der Waals surface area contributed by atoms with Gasteiger partial charge in [-0.1, -0.05) is 30.3 Å². The van der Waals surface area contributed by atoms with E-state index in [-0.39, 0.29) is 0 Å². The molecule has 3 rings (SSSR count). The van der Waals surface area contributed by atoms with E-state index >= 15 is 0 Å². The molecule has 0 radical (unpaired) electrons. The SMILES string of the molecule is CNC(Cc1ccccc1)C1CN2CCCC2CO1. The summed E-state index contributed by atoms with van der Waals surface area (Å²) in [5.41, 5.74) is 1.38. The molecule has 0 saturated carbocycles. The highest BCUT2D eigenvalue weighted by Gasteiger charge is 2.35. The fourth-order valence-electron chi connectivity index (χ4n) is 3.37. The molecule has 19 heavy (non-hydrogen) atoms. The quantitative estimate of drug-likeness (QED) is 0.891. The van der Waals surface area contributed by atoms with Crippen molar-refractivity contribution in [2.24, 2.45) is 0 Å². The van der Waals surface area contributed by atoms with E-state index in [1.807, 2.05) is 7.05 Å². The van der Waals surface area contributed by atoms with E-state index in [1.165, 1.54) is 24.9 Å². The van der Waals surface area contributed by atoms with Crippen LogP contribution in [0, 0.1) is 0 Å². The summed E-state index contributed by atoms with van der Waals surface area (Å²) in [4.78, 5) is 2.61. The van der Waals surface area contributed by atoms with Crippen LogP contribution in [0.25, 0.3) is 0 Å². The highest BCUT2D eigenvalue weighted by atomic mass is 16.5. The lowest BCUT2D eigenvalue weighted by molar-refractivity contribution is -0.0634. The predicted octanol–water partition coefficient (Wildman–Crippen LogP) is 1.68. The number of morpholine rings is 1. The molecule has 0 spiro atoms. The normalized spacial score (nSPS) is 29.1. The Balaban J connectivity index is 1.62. The third-order valence-corrected chi connectivity index (χ3v) is 4.53. The zero-order valence-electron chi connectivity index (χ0n) is 11.7. The number of nitrogens with one attached hydrogen (secondary N) is 1. The van der Waals surface area contributed by atoms with Crippen molar-refractivity contribution < 1.29 is 4.74 Å². The maximum Gasteiger partial charge on any atom is 0.0858 e. The summed E-state index contributed by atoms with van der Waals surface area (Å²) in [6, 6.07) is 11.8. The van der Waals surface area contributed by atoms with Crippen LogP contribution >= 0.6 is 0 Å². The van der Waals surface area contributed by atoms with Gasteiger partial charge in [-0.25, -0.2) is 0 Å². The van der Waals surface area contributed by atoms with E-state index < -0.39 is 0 Å². The minimum absolute atomic E-state index is 0.319. The predicted molar refractivity (Wildman–Crippen MR) is 77.3 cm³/mol. The molecule has 2 heterocycles. The van der Waals surface area contributed by atoms with Gasteiger partial charge in [0.25, 0.3) is 0 Å². The van der Waals surface area contributed by atoms with Gasteiger partial charge < -0.3 is 10.1 Å². The summed E-state index contributed by atoms with van der Waals surface area (Å²) < 4.78 is 6.11. The number of fused-ring (bicyclic) bond motifs is 1. The first-order chi connectivity index (χ1) is 9.36. The van der Waals surface area contributed by atoms with Crippen LogP contribution in [0.1, 0.15) is 18.4 Å². The first kappa shape index (κ1) is 13.1. The van der Waals surface area contributed by atoms with Crippen molar-refractivity contribution in [3.63, 3.8) is 0 Å². The number of hydrogen-bond acceptors (Lipinski definition) is 3. The summed E-state index contributed by atoms with van der Waals surface area (Å²) in [6.45, 7) is 3.26. The van der Waals surface area contributed by atoms with Gasteiger partial charge in [0.05, 0.1) is 12.7 Å². The number of benzene rings is 1. The average molecular weight is 260 g/mol. The summed E-state index contributed by atoms with van der Waals surface area (Å²) >= 11 is 0. The molecule has 2 aliphatic rings. The van der Waals surface area contributed by atoms with E-state index in [4.69, 9.17) is 4.74 Å². The Labute approximate surface area is 115 Å². The standard InChI is InChI=1S/C16H24N2O/c1-17-15(10-13-6-3-2-4-7-13)16-11-18-9-5-8-14(18)12-19-16/h2-4,6-7,14-17H,5,8-12H2,1H3. The number of ether oxygens (including phenoxy) is 1. The molecular formula is C16H24N2O. The maximum absolute atomic E-state index is 6.11. The summed E-state index contributed by atoms with van der Waals surface area (Å²) in [7, 11) is 2.05. The molecule has 1 aromatic carbocycles. The Morgan fingerprint density at radius 2 is 2.21 bits per heavy atom. The number of hydrogen-bond donors (Lipinski definition) is 1. The minimum Gasteiger partial charge on any atom is -0.374 e. The Kier molecular flexibility index (Phi) is 4.16. The molecule has 1 aromatic rings. The van der Waals surface area contributed by atoms with Crippen LogP contribution in [0.4, 0.5) is 0 Å². The molecule has 3 heteroatoms. The van der Waals surface area contributed by atoms with Crippen LogP contribution in [0.15, 0.2) is 30.3 Å². The molecule has 2 fully saturated rings. The first-order valence-corrected chi connectivity index (χ1v) is 7.43. The van der Waals surface area contributed by atoms with Gasteiger partial charge in [-0.15, -0.1) is 0 Å². The van der Waals surface area contributed by atoms with Crippen LogP contribution in [-0.4, -0.2) is 49.8 Å². The van der Waals surface area contributed by atoms with Crippen LogP contribution in [0.3, 0.4) is 0 Å². The van der Waals surface area contributed by atoms with Crippen LogP contribution < -0.4 is 5.32 Å². The van der Waals surface area contributed by atoms with Crippen molar-refractivity contribution in [2.75, 3.05) is 26.7 Å². The molecule has 0 aromatic heterocycles. The zero-order valence-corrected chi connectivity index (χ0v) is 11.7. The van der Waals surface area contributed by atoms with Gasteiger partial charge in [-0.05, 0) is 38.4 Å². The molecule has 104 valence electrons. The van der Waals surface area contributed by atoms with E-state index in [0.717, 1.165) is 19.6 Å². The van der Waals surface area contributed by atoms with Gasteiger partial charge in [0.15, 0.2) is 0 Å². The topological polar surface area (TPSA) is 24.5 Å². The molecule has 3 atom stereocenters. The van der Waals surface area contributed by atoms with E-state index in [9.17, 15) is 0 Å². The zero-order chi connectivity index (χ0) is 13.1. The Morgan fingerprint density at radius 1 is 1.37 bits per heavy atom. The highest BCUT2D eigenvalue weighted by molar-refractivity contribution is 5.16. The molecule has 2 aliphatic heterocycles. The van der Waals surface area contributed by atoms with Crippen molar-refractivity contribution >= 4 is 0 Å². The van der Waals surface area contributed by atoms with Crippen molar-refractivity contribution in [1.82, 2.24) is 10.2 Å². The van der Waals surface area contributed by atoms with Crippen molar-refractivity contribution in [1.29, 1.82) is 0 Å². The average Bonchev–Trinajstić information content (AvgIpc) is 2.93. The Hall–Kier alpha value is -0.900. The van der Waals surface area contributed by atoms with Gasteiger partial charge in [0.2, 0.25) is 0 Å². The van der Waals surface area contributed by atoms with Crippen molar-refractivity contribution in [3.8, 4) is 0 Å². The summed E-state index contributed by atoms with van der Waals surface area (Å²) in [5.74, 6) is 0. The lowest BCUT2D eigenvalue weighted by atomic mass is 9.99. The lowest BCUT2D eigenvalue weighted by Gasteiger charge is -2.38. The van der Waals surface area contributed by atoms with Crippen LogP contribution in [-0.2, 0) is 11.2 Å². The largest absolute Gasteiger partial charge is 0.374 e. The van der Waals surface area contributed by atoms with Gasteiger partial charge in [-0.3, -0.25) is 4.90 Å². The van der Waals surface area contributed by atoms with Crippen molar-refractivity contribution in [2.45, 2.75) is 37.5 Å². The second kappa shape index (κ2) is 6.04. The lowest BCUT2D eigenvalue weighted by Crippen LogP contribution is -2.54. The monoisotopic (exact) mass is 260 g/mol. The Bertz CT molecular complexity index is 395. The molecule has 3 nitrogen and oxygen atoms in total. The molecule has 3 unspecified atom stereocenters. The third-order valence-electron chi connectivity index (χ3n) is 4.53. The molecule has 0 amide bonds. The molecule has 1 N–H and O–H groups in total. The highest BCUT2D eigenvalue weighted by Crippen LogP contribution is 2.24. The summed E-state index contributed by atoms with van der Waals surface area (Å²) in [6.07, 6.45) is 4.01. The second-order valence-electron chi connectivity index (χ2n) is 5.75. The fraction of sp³-hybridized carbons (Fsp3) is 0.625. The molecule has 0 bridgehead atoms. The van der Waals surface area contributed by atoms with Crippen LogP contribution in [0.5, 0.6) is 0 Å². The van der Waals surface area contributed by atoms with E-state index in [2.05, 4.69) is 40.5 Å². The minimum atomic E-state index is 0.319. The van der Waals surface area contributed by atoms with Gasteiger partial charge in [0, 0.05) is 18.6 Å². The van der Waals surface area contributed by atoms with E-state index in [1.54, 1.807) is 0 Å². The van der Waals surface area contributed by atoms with Gasteiger partial charge >= 0.3 is 0 Å². The number of nitrogens with zero attached hydrogens (tertiary/aromatic N) is 1. The number of rotatable bonds is 4. The Morgan fingerprint density at radius 3 is 3.00 bits per heavy atom. The van der Waals surface area contributed by atoms with E-state index in [0.29, 0.717) is 18.2 Å². The smallest absolute Gasteiger partial charge is 0.0858 e. The fourth-order valence-corrected chi connectivity index (χ4v) is 3.37. The molecule has 2 saturated heterocycles. The second-order valence-corrected chi connectivity index (χ2v) is 5.75. The molecule has 0 aliphatic carbocycles. The number of likely N-dealkylation sites (N-methyl/N-ethyl adjacent to an activating group) is 1. The maximum atomic E-state index is 6.11. The van der Waals surface area contributed by atoms with Gasteiger partial charge in [0.1, 0.15) is 0 Å². The molecular weight excluding hydrogens is 236 g/mol.